The first-order chi connectivity index (χ1) is 15.2. The van der Waals surface area contributed by atoms with Crippen LogP contribution < -0.4 is 10.2 Å². The van der Waals surface area contributed by atoms with Gasteiger partial charge in [-0.2, -0.15) is 5.26 Å². The Labute approximate surface area is 199 Å². The molecule has 0 radical (unpaired) electrons. The average Bonchev–Trinajstić information content (AvgIpc) is 3.22. The maximum atomic E-state index is 12.8. The minimum absolute atomic E-state index is 0.225. The van der Waals surface area contributed by atoms with Gasteiger partial charge in [0.1, 0.15) is 17.6 Å². The third-order valence-corrected chi connectivity index (χ3v) is 8.54. The van der Waals surface area contributed by atoms with E-state index in [0.717, 1.165) is 36.1 Å². The van der Waals surface area contributed by atoms with Crippen LogP contribution in [0.15, 0.2) is 22.7 Å². The monoisotopic (exact) mass is 513 g/mol. The maximum Gasteiger partial charge on any atom is 0.299 e. The first-order valence-electron chi connectivity index (χ1n) is 10.7. The van der Waals surface area contributed by atoms with Crippen molar-refractivity contribution in [2.75, 3.05) is 16.8 Å². The molecule has 2 aliphatic rings. The van der Waals surface area contributed by atoms with Crippen molar-refractivity contribution in [1.82, 2.24) is 0 Å². The van der Waals surface area contributed by atoms with Gasteiger partial charge in [-0.1, -0.05) is 43.1 Å². The van der Waals surface area contributed by atoms with E-state index in [1.807, 2.05) is 0 Å². The van der Waals surface area contributed by atoms with Crippen LogP contribution in [-0.2, 0) is 22.4 Å². The Morgan fingerprint density at radius 1 is 1.38 bits per heavy atom. The van der Waals surface area contributed by atoms with E-state index in [1.54, 1.807) is 18.2 Å². The summed E-state index contributed by atoms with van der Waals surface area (Å²) in [7, 11) is 0. The van der Waals surface area contributed by atoms with Gasteiger partial charge in [-0.3, -0.25) is 19.3 Å². The minimum Gasteiger partial charge on any atom is -0.315 e. The summed E-state index contributed by atoms with van der Waals surface area (Å²) in [4.78, 5) is 39.9. The summed E-state index contributed by atoms with van der Waals surface area (Å²) in [5.74, 6) is -1.23. The van der Waals surface area contributed by atoms with Crippen LogP contribution in [0.1, 0.15) is 60.0 Å². The topological polar surface area (TPSA) is 90.3 Å². The molecule has 2 heterocycles. The predicted molar refractivity (Wildman–Crippen MR) is 128 cm³/mol. The molecule has 1 aliphatic heterocycles. The van der Waals surface area contributed by atoms with E-state index in [-0.39, 0.29) is 17.5 Å². The lowest BCUT2D eigenvalue weighted by molar-refractivity contribution is -0.118. The van der Waals surface area contributed by atoms with Gasteiger partial charge in [-0.25, -0.2) is 0 Å². The summed E-state index contributed by atoms with van der Waals surface area (Å²) in [6.45, 7) is 6.50. The number of halogens is 1. The van der Waals surface area contributed by atoms with Crippen molar-refractivity contribution in [2.24, 2.45) is 11.3 Å². The van der Waals surface area contributed by atoms with E-state index in [2.05, 4.69) is 48.1 Å². The Hall–Kier alpha value is -2.50. The molecule has 6 nitrogen and oxygen atoms in total. The van der Waals surface area contributed by atoms with Crippen molar-refractivity contribution < 1.29 is 14.4 Å². The van der Waals surface area contributed by atoms with Crippen molar-refractivity contribution >= 4 is 55.6 Å². The molecule has 2 amide bonds. The molecule has 1 aromatic carbocycles. The molecular weight excluding hydrogens is 490 g/mol. The van der Waals surface area contributed by atoms with Crippen molar-refractivity contribution in [3.63, 3.8) is 0 Å². The zero-order valence-electron chi connectivity index (χ0n) is 18.3. The minimum atomic E-state index is -0.719. The summed E-state index contributed by atoms with van der Waals surface area (Å²) in [6.07, 6.45) is 3.86. The number of anilines is 2. The number of carbonyl (C=O) groups excluding carboxylic acids is 3. The number of nitrogens with one attached hydrogen (secondary N) is 1. The van der Waals surface area contributed by atoms with Crippen molar-refractivity contribution in [2.45, 2.75) is 46.5 Å². The lowest BCUT2D eigenvalue weighted by atomic mass is 9.69. The van der Waals surface area contributed by atoms with Crippen molar-refractivity contribution in [1.29, 1.82) is 5.26 Å². The quantitative estimate of drug-likeness (QED) is 0.563. The highest BCUT2D eigenvalue weighted by atomic mass is 79.9. The first kappa shape index (κ1) is 22.7. The second-order valence-corrected chi connectivity index (χ2v) is 11.1. The number of hydrogen-bond acceptors (Lipinski definition) is 5. The fourth-order valence-electron chi connectivity index (χ4n) is 4.49. The number of fused-ring (bicyclic) bond motifs is 2. The molecule has 2 aromatic rings. The van der Waals surface area contributed by atoms with Crippen LogP contribution in [-0.4, -0.2) is 24.1 Å². The lowest BCUT2D eigenvalue weighted by Gasteiger charge is -2.36. The number of ketones is 1. The van der Waals surface area contributed by atoms with E-state index < -0.39 is 17.6 Å². The number of nitrogens with zero attached hydrogens (tertiary/aromatic N) is 2. The lowest BCUT2D eigenvalue weighted by Crippen LogP contribution is -2.37. The average molecular weight is 514 g/mol. The van der Waals surface area contributed by atoms with Gasteiger partial charge in [0.25, 0.3) is 11.7 Å². The summed E-state index contributed by atoms with van der Waals surface area (Å²) in [6, 6.07) is 7.23. The Kier molecular flexibility index (Phi) is 5.99. The molecule has 0 saturated heterocycles. The molecule has 1 aromatic heterocycles. The van der Waals surface area contributed by atoms with Gasteiger partial charge >= 0.3 is 0 Å². The number of thiophene rings is 1. The molecule has 0 fully saturated rings. The number of amides is 2. The number of carbonyl (C=O) groups is 3. The van der Waals surface area contributed by atoms with Crippen LogP contribution in [0.2, 0.25) is 0 Å². The van der Waals surface area contributed by atoms with E-state index in [9.17, 15) is 19.6 Å². The molecule has 1 aliphatic carbocycles. The summed E-state index contributed by atoms with van der Waals surface area (Å²) in [5, 5.41) is 13.1. The molecule has 1 atom stereocenters. The first-order valence-corrected chi connectivity index (χ1v) is 12.3. The highest BCUT2D eigenvalue weighted by Gasteiger charge is 2.38. The molecule has 8 heteroatoms. The van der Waals surface area contributed by atoms with Crippen LogP contribution in [0.5, 0.6) is 0 Å². The van der Waals surface area contributed by atoms with Gasteiger partial charge in [0, 0.05) is 9.35 Å². The van der Waals surface area contributed by atoms with Crippen molar-refractivity contribution in [3.8, 4) is 6.07 Å². The van der Waals surface area contributed by atoms with E-state index in [0.29, 0.717) is 26.6 Å². The molecule has 0 spiro atoms. The molecular formula is C24H24BrN3O3S. The van der Waals surface area contributed by atoms with E-state index >= 15 is 0 Å². The molecule has 1 N–H and O–H groups in total. The number of nitriles is 1. The highest BCUT2D eigenvalue weighted by molar-refractivity contribution is 9.10. The Morgan fingerprint density at radius 2 is 2.12 bits per heavy atom. The SMILES string of the molecule is CCC(C)(C)[C@H]1CCc2c(sc(NC(=O)CN3C(=O)C(=O)c4cc(Br)ccc43)c2C#N)C1. The second kappa shape index (κ2) is 8.45. The molecule has 166 valence electrons. The Balaban J connectivity index is 1.54. The van der Waals surface area contributed by atoms with Gasteiger partial charge in [0.05, 0.1) is 16.8 Å². The molecule has 4 rings (SSSR count). The Bertz CT molecular complexity index is 1180. The zero-order valence-corrected chi connectivity index (χ0v) is 20.7. The summed E-state index contributed by atoms with van der Waals surface area (Å²) >= 11 is 4.76. The molecule has 0 unspecified atom stereocenters. The normalized spacial score (nSPS) is 17.7. The fraction of sp³-hybridized carbons (Fsp3) is 0.417. The van der Waals surface area contributed by atoms with Gasteiger partial charge in [0.2, 0.25) is 5.91 Å². The second-order valence-electron chi connectivity index (χ2n) is 9.03. The predicted octanol–water partition coefficient (Wildman–Crippen LogP) is 5.09. The molecule has 32 heavy (non-hydrogen) atoms. The van der Waals surface area contributed by atoms with Crippen LogP contribution in [0, 0.1) is 22.7 Å². The van der Waals surface area contributed by atoms with Crippen LogP contribution >= 0.6 is 27.3 Å². The standard InChI is InChI=1S/C24H24BrN3O3S/c1-4-24(2,3)13-5-7-15-17(11-26)22(32-19(15)9-13)27-20(29)12-28-18-8-6-14(25)10-16(18)21(30)23(28)31/h6,8,10,13H,4-5,7,9,12H2,1-3H3,(H,27,29)/t13-/m0/s1. The number of benzene rings is 1. The van der Waals surface area contributed by atoms with Crippen LogP contribution in [0.25, 0.3) is 0 Å². The van der Waals surface area contributed by atoms with E-state index in [1.165, 1.54) is 16.2 Å². The summed E-state index contributed by atoms with van der Waals surface area (Å²) < 4.78 is 0.691. The molecule has 0 saturated carbocycles. The number of hydrogen-bond donors (Lipinski definition) is 1. The zero-order chi connectivity index (χ0) is 23.2. The van der Waals surface area contributed by atoms with Crippen molar-refractivity contribution in [3.05, 3.63) is 44.2 Å². The number of rotatable bonds is 5. The fourth-order valence-corrected chi connectivity index (χ4v) is 6.14. The Morgan fingerprint density at radius 3 is 2.81 bits per heavy atom. The van der Waals surface area contributed by atoms with Gasteiger partial charge in [0.15, 0.2) is 0 Å². The smallest absolute Gasteiger partial charge is 0.299 e. The molecule has 0 bridgehead atoms. The third-order valence-electron chi connectivity index (χ3n) is 6.88. The van der Waals surface area contributed by atoms with Crippen LogP contribution in [0.4, 0.5) is 10.7 Å². The van der Waals surface area contributed by atoms with Gasteiger partial charge in [-0.15, -0.1) is 11.3 Å². The maximum absolute atomic E-state index is 12.8. The van der Waals surface area contributed by atoms with Crippen LogP contribution in [0.3, 0.4) is 0 Å². The van der Waals surface area contributed by atoms with Gasteiger partial charge < -0.3 is 5.32 Å². The van der Waals surface area contributed by atoms with E-state index in [4.69, 9.17) is 0 Å². The third kappa shape index (κ3) is 3.89. The number of Topliss-reactive ketones (excluding diaryl/α,β-unsaturated/α-hetero) is 1. The van der Waals surface area contributed by atoms with Gasteiger partial charge in [-0.05, 0) is 54.4 Å². The summed E-state index contributed by atoms with van der Waals surface area (Å²) in [5.41, 5.74) is 2.50. The highest BCUT2D eigenvalue weighted by Crippen LogP contribution is 2.45. The largest absolute Gasteiger partial charge is 0.315 e.